The molecule has 1 heterocycles. The number of benzene rings is 1. The summed E-state index contributed by atoms with van der Waals surface area (Å²) in [6.07, 6.45) is -0.00387. The zero-order valence-electron chi connectivity index (χ0n) is 18.4. The molecule has 4 atom stereocenters. The fourth-order valence-electron chi connectivity index (χ4n) is 4.05. The standard InChI is InChI=1S/C23H31FN4O3/c1-4-31-18-7-5-6-15(8-18)19-10-20(19)27-21(29)11-23(2,3)26-13-22(30)28-14-16(24)9-17(28)12-25/h5-8,16-17,19-20,26H,4,9-11,13-14H2,1-3H3,(H,27,29)/t16-,17-,19+,20-/m0/s1. The van der Waals surface area contributed by atoms with E-state index in [1.807, 2.05) is 51.1 Å². The molecule has 1 aliphatic carbocycles. The molecule has 2 fully saturated rings. The van der Waals surface area contributed by atoms with Crippen molar-refractivity contribution in [3.63, 3.8) is 0 Å². The van der Waals surface area contributed by atoms with Crippen LogP contribution in [0.15, 0.2) is 24.3 Å². The van der Waals surface area contributed by atoms with E-state index in [4.69, 9.17) is 10.00 Å². The topological polar surface area (TPSA) is 94.5 Å². The molecule has 0 unspecified atom stereocenters. The highest BCUT2D eigenvalue weighted by Crippen LogP contribution is 2.41. The molecule has 1 saturated heterocycles. The van der Waals surface area contributed by atoms with Crippen LogP contribution in [0, 0.1) is 11.3 Å². The number of rotatable bonds is 9. The number of nitrogens with zero attached hydrogens (tertiary/aromatic N) is 2. The average Bonchev–Trinajstić information content (AvgIpc) is 3.36. The number of nitriles is 1. The summed E-state index contributed by atoms with van der Waals surface area (Å²) in [6, 6.07) is 9.31. The number of ether oxygens (including phenoxy) is 1. The molecule has 1 saturated carbocycles. The number of halogens is 1. The minimum Gasteiger partial charge on any atom is -0.494 e. The van der Waals surface area contributed by atoms with Crippen molar-refractivity contribution in [1.29, 1.82) is 5.26 Å². The molecule has 31 heavy (non-hydrogen) atoms. The van der Waals surface area contributed by atoms with Crippen LogP contribution >= 0.6 is 0 Å². The first kappa shape index (κ1) is 23.0. The van der Waals surface area contributed by atoms with Crippen LogP contribution in [-0.4, -0.2) is 60.2 Å². The van der Waals surface area contributed by atoms with E-state index in [2.05, 4.69) is 10.6 Å². The lowest BCUT2D eigenvalue weighted by Gasteiger charge is -2.27. The molecule has 2 amide bonds. The molecule has 2 aliphatic rings. The van der Waals surface area contributed by atoms with E-state index in [-0.39, 0.29) is 49.7 Å². The minimum atomic E-state index is -1.16. The quantitative estimate of drug-likeness (QED) is 0.627. The van der Waals surface area contributed by atoms with Crippen molar-refractivity contribution in [2.75, 3.05) is 19.7 Å². The van der Waals surface area contributed by atoms with E-state index in [0.717, 1.165) is 17.7 Å². The van der Waals surface area contributed by atoms with Crippen molar-refractivity contribution in [1.82, 2.24) is 15.5 Å². The largest absolute Gasteiger partial charge is 0.494 e. The zero-order valence-corrected chi connectivity index (χ0v) is 18.4. The summed E-state index contributed by atoms with van der Waals surface area (Å²) in [4.78, 5) is 26.2. The fraction of sp³-hybridized carbons (Fsp3) is 0.609. The lowest BCUT2D eigenvalue weighted by Crippen LogP contribution is -2.49. The number of hydrogen-bond acceptors (Lipinski definition) is 5. The average molecular weight is 431 g/mol. The maximum atomic E-state index is 13.5. The highest BCUT2D eigenvalue weighted by Gasteiger charge is 2.40. The number of amides is 2. The van der Waals surface area contributed by atoms with Crippen molar-refractivity contribution in [3.05, 3.63) is 29.8 Å². The Hall–Kier alpha value is -2.66. The van der Waals surface area contributed by atoms with Crippen LogP contribution in [-0.2, 0) is 9.59 Å². The Labute approximate surface area is 182 Å². The van der Waals surface area contributed by atoms with Crippen molar-refractivity contribution in [3.8, 4) is 11.8 Å². The van der Waals surface area contributed by atoms with Crippen LogP contribution in [0.5, 0.6) is 5.75 Å². The molecule has 1 aliphatic heterocycles. The number of carbonyl (C=O) groups is 2. The molecule has 168 valence electrons. The van der Waals surface area contributed by atoms with Gasteiger partial charge in [-0.1, -0.05) is 12.1 Å². The van der Waals surface area contributed by atoms with Gasteiger partial charge >= 0.3 is 0 Å². The zero-order chi connectivity index (χ0) is 22.6. The van der Waals surface area contributed by atoms with Gasteiger partial charge in [0.2, 0.25) is 11.8 Å². The third-order valence-corrected chi connectivity index (χ3v) is 5.77. The molecule has 7 nitrogen and oxygen atoms in total. The second kappa shape index (κ2) is 9.65. The van der Waals surface area contributed by atoms with E-state index >= 15 is 0 Å². The molecule has 3 rings (SSSR count). The smallest absolute Gasteiger partial charge is 0.237 e. The first-order chi connectivity index (χ1) is 14.7. The second-order valence-corrected chi connectivity index (χ2v) is 8.96. The first-order valence-corrected chi connectivity index (χ1v) is 10.8. The van der Waals surface area contributed by atoms with Gasteiger partial charge in [0.1, 0.15) is 18.0 Å². The summed E-state index contributed by atoms with van der Waals surface area (Å²) in [5.74, 6) is 0.714. The van der Waals surface area contributed by atoms with E-state index in [1.54, 1.807) is 0 Å². The number of nitrogens with one attached hydrogen (secondary N) is 2. The first-order valence-electron chi connectivity index (χ1n) is 10.8. The number of carbonyl (C=O) groups excluding carboxylic acids is 2. The molecular formula is C23H31FN4O3. The Morgan fingerprint density at radius 3 is 2.84 bits per heavy atom. The van der Waals surface area contributed by atoms with Gasteiger partial charge in [-0.2, -0.15) is 5.26 Å². The Balaban J connectivity index is 1.44. The summed E-state index contributed by atoms with van der Waals surface area (Å²) in [5, 5.41) is 15.2. The molecule has 8 heteroatoms. The summed E-state index contributed by atoms with van der Waals surface area (Å²) in [5.41, 5.74) is 0.541. The van der Waals surface area contributed by atoms with Gasteiger partial charge in [0.05, 0.1) is 25.8 Å². The predicted octanol–water partition coefficient (Wildman–Crippen LogP) is 2.28. The van der Waals surface area contributed by atoms with Crippen LogP contribution in [0.4, 0.5) is 4.39 Å². The van der Waals surface area contributed by atoms with Crippen molar-refractivity contribution < 1.29 is 18.7 Å². The van der Waals surface area contributed by atoms with Gasteiger partial charge in [-0.3, -0.25) is 9.59 Å². The monoisotopic (exact) mass is 430 g/mol. The molecule has 0 spiro atoms. The normalized spacial score (nSPS) is 25.1. The van der Waals surface area contributed by atoms with Gasteiger partial charge in [0.25, 0.3) is 0 Å². The summed E-state index contributed by atoms with van der Waals surface area (Å²) in [6.45, 7) is 6.16. The minimum absolute atomic E-state index is 0.0402. The van der Waals surface area contributed by atoms with Crippen LogP contribution in [0.25, 0.3) is 0 Å². The molecular weight excluding hydrogens is 399 g/mol. The Bertz CT molecular complexity index is 853. The lowest BCUT2D eigenvalue weighted by molar-refractivity contribution is -0.131. The van der Waals surface area contributed by atoms with Gasteiger partial charge < -0.3 is 20.3 Å². The second-order valence-electron chi connectivity index (χ2n) is 8.96. The number of alkyl halides is 1. The van der Waals surface area contributed by atoms with E-state index in [1.165, 1.54) is 4.90 Å². The van der Waals surface area contributed by atoms with Gasteiger partial charge in [-0.15, -0.1) is 0 Å². The fourth-order valence-corrected chi connectivity index (χ4v) is 4.05. The third-order valence-electron chi connectivity index (χ3n) is 5.77. The maximum Gasteiger partial charge on any atom is 0.237 e. The third kappa shape index (κ3) is 6.17. The molecule has 1 aromatic carbocycles. The summed E-state index contributed by atoms with van der Waals surface area (Å²) in [7, 11) is 0. The van der Waals surface area contributed by atoms with Crippen molar-refractivity contribution in [2.24, 2.45) is 0 Å². The molecule has 0 bridgehead atoms. The molecule has 2 N–H and O–H groups in total. The Morgan fingerprint density at radius 2 is 2.13 bits per heavy atom. The van der Waals surface area contributed by atoms with E-state index < -0.39 is 17.8 Å². The SMILES string of the molecule is CCOc1cccc([C@H]2C[C@@H]2NC(=O)CC(C)(C)NCC(=O)N2C[C@@H](F)C[C@H]2C#N)c1. The molecule has 0 aromatic heterocycles. The van der Waals surface area contributed by atoms with E-state index in [0.29, 0.717) is 6.61 Å². The van der Waals surface area contributed by atoms with Crippen LogP contribution in [0.2, 0.25) is 0 Å². The highest BCUT2D eigenvalue weighted by molar-refractivity contribution is 5.80. The van der Waals surface area contributed by atoms with E-state index in [9.17, 15) is 14.0 Å². The summed E-state index contributed by atoms with van der Waals surface area (Å²) < 4.78 is 19.1. The van der Waals surface area contributed by atoms with Gasteiger partial charge in [-0.25, -0.2) is 4.39 Å². The van der Waals surface area contributed by atoms with Crippen LogP contribution < -0.4 is 15.4 Å². The van der Waals surface area contributed by atoms with Gasteiger partial charge in [0.15, 0.2) is 0 Å². The molecule has 0 radical (unpaired) electrons. The van der Waals surface area contributed by atoms with Crippen molar-refractivity contribution in [2.45, 2.75) is 69.7 Å². The predicted molar refractivity (Wildman–Crippen MR) is 114 cm³/mol. The van der Waals surface area contributed by atoms with Gasteiger partial charge in [-0.05, 0) is 44.9 Å². The maximum absolute atomic E-state index is 13.5. The lowest BCUT2D eigenvalue weighted by atomic mass is 10.00. The van der Waals surface area contributed by atoms with Crippen LogP contribution in [0.3, 0.4) is 0 Å². The number of likely N-dealkylation sites (tertiary alicyclic amines) is 1. The molecule has 1 aromatic rings. The van der Waals surface area contributed by atoms with Gasteiger partial charge in [0, 0.05) is 30.3 Å². The Kier molecular flexibility index (Phi) is 7.16. The Morgan fingerprint density at radius 1 is 1.35 bits per heavy atom. The number of hydrogen-bond donors (Lipinski definition) is 2. The van der Waals surface area contributed by atoms with Crippen LogP contribution in [0.1, 0.15) is 51.5 Å². The highest BCUT2D eigenvalue weighted by atomic mass is 19.1. The van der Waals surface area contributed by atoms with Crippen molar-refractivity contribution >= 4 is 11.8 Å². The summed E-state index contributed by atoms with van der Waals surface area (Å²) >= 11 is 0.